The summed E-state index contributed by atoms with van der Waals surface area (Å²) in [5.41, 5.74) is 0. The molecular formula is C15H28N2O. The number of piperidine rings is 1. The van der Waals surface area contributed by atoms with E-state index in [2.05, 4.69) is 24.1 Å². The molecule has 2 bridgehead atoms. The molecule has 18 heavy (non-hydrogen) atoms. The second-order valence-electron chi connectivity index (χ2n) is 6.30. The van der Waals surface area contributed by atoms with E-state index in [4.69, 9.17) is 4.74 Å². The van der Waals surface area contributed by atoms with Crippen LogP contribution in [0.15, 0.2) is 0 Å². The lowest BCUT2D eigenvalue weighted by molar-refractivity contribution is -0.0610. The number of nitrogens with one attached hydrogen (secondary N) is 1. The molecule has 0 aromatic carbocycles. The molecule has 3 fully saturated rings. The third-order valence-corrected chi connectivity index (χ3v) is 5.22. The minimum absolute atomic E-state index is 0.549. The van der Waals surface area contributed by atoms with Gasteiger partial charge in [0.25, 0.3) is 0 Å². The van der Waals surface area contributed by atoms with Crippen molar-refractivity contribution in [2.24, 2.45) is 0 Å². The van der Waals surface area contributed by atoms with Gasteiger partial charge in [0.2, 0.25) is 0 Å². The van der Waals surface area contributed by atoms with Crippen LogP contribution >= 0.6 is 0 Å². The summed E-state index contributed by atoms with van der Waals surface area (Å²) in [6.45, 7) is 6.53. The van der Waals surface area contributed by atoms with Crippen molar-refractivity contribution in [2.75, 3.05) is 13.2 Å². The van der Waals surface area contributed by atoms with Gasteiger partial charge in [-0.1, -0.05) is 6.92 Å². The summed E-state index contributed by atoms with van der Waals surface area (Å²) >= 11 is 0. The van der Waals surface area contributed by atoms with Crippen LogP contribution in [0.1, 0.15) is 52.4 Å². The zero-order valence-corrected chi connectivity index (χ0v) is 11.9. The van der Waals surface area contributed by atoms with Crippen molar-refractivity contribution in [1.29, 1.82) is 0 Å². The van der Waals surface area contributed by atoms with E-state index in [0.29, 0.717) is 6.10 Å². The minimum Gasteiger partial charge on any atom is -0.378 e. The van der Waals surface area contributed by atoms with Crippen molar-refractivity contribution in [1.82, 2.24) is 10.2 Å². The first-order chi connectivity index (χ1) is 8.80. The molecule has 0 amide bonds. The van der Waals surface area contributed by atoms with E-state index in [0.717, 1.165) is 30.8 Å². The number of nitrogens with zero attached hydrogens (tertiary/aromatic N) is 1. The van der Waals surface area contributed by atoms with Crippen LogP contribution in [0, 0.1) is 0 Å². The van der Waals surface area contributed by atoms with E-state index in [9.17, 15) is 0 Å². The van der Waals surface area contributed by atoms with Crippen LogP contribution < -0.4 is 5.32 Å². The number of fused-ring (bicyclic) bond motifs is 2. The highest BCUT2D eigenvalue weighted by molar-refractivity contribution is 4.99. The van der Waals surface area contributed by atoms with E-state index in [1.807, 2.05) is 0 Å². The van der Waals surface area contributed by atoms with Gasteiger partial charge in [0.15, 0.2) is 0 Å². The molecule has 0 spiro atoms. The van der Waals surface area contributed by atoms with Crippen LogP contribution in [0.25, 0.3) is 0 Å². The highest BCUT2D eigenvalue weighted by Crippen LogP contribution is 2.35. The Bertz CT molecular complexity index is 266. The van der Waals surface area contributed by atoms with E-state index in [-0.39, 0.29) is 0 Å². The van der Waals surface area contributed by atoms with Crippen LogP contribution in [-0.4, -0.2) is 48.3 Å². The summed E-state index contributed by atoms with van der Waals surface area (Å²) in [6.07, 6.45) is 8.64. The van der Waals surface area contributed by atoms with Crippen molar-refractivity contribution in [3.05, 3.63) is 0 Å². The standard InChI is InChI=1S/C15H28N2O/c1-3-17(14-9-15(10-14)18-4-2)13-7-11-5-6-12(8-13)16-11/h11-16H,3-10H2,1-2H3. The van der Waals surface area contributed by atoms with Crippen LogP contribution in [0.5, 0.6) is 0 Å². The van der Waals surface area contributed by atoms with E-state index >= 15 is 0 Å². The number of ether oxygens (including phenoxy) is 1. The summed E-state index contributed by atoms with van der Waals surface area (Å²) in [5, 5.41) is 3.75. The fourth-order valence-corrected chi connectivity index (χ4v) is 4.29. The molecule has 3 nitrogen and oxygen atoms in total. The smallest absolute Gasteiger partial charge is 0.0604 e. The maximum absolute atomic E-state index is 5.71. The van der Waals surface area contributed by atoms with Gasteiger partial charge in [-0.2, -0.15) is 0 Å². The Balaban J connectivity index is 1.53. The summed E-state index contributed by atoms with van der Waals surface area (Å²) in [6, 6.07) is 3.26. The second kappa shape index (κ2) is 5.48. The van der Waals surface area contributed by atoms with Gasteiger partial charge in [-0.3, -0.25) is 4.90 Å². The van der Waals surface area contributed by atoms with Gasteiger partial charge in [-0.05, 0) is 52.0 Å². The number of rotatable bonds is 5. The third kappa shape index (κ3) is 2.45. The molecule has 0 aromatic heterocycles. The van der Waals surface area contributed by atoms with Gasteiger partial charge in [0.1, 0.15) is 0 Å². The van der Waals surface area contributed by atoms with Crippen molar-refractivity contribution in [2.45, 2.75) is 82.6 Å². The Morgan fingerprint density at radius 1 is 1.00 bits per heavy atom. The fraction of sp³-hybridized carbons (Fsp3) is 1.00. The molecule has 3 aliphatic rings. The van der Waals surface area contributed by atoms with E-state index < -0.39 is 0 Å². The normalized spacial score (nSPS) is 43.2. The Hall–Kier alpha value is -0.120. The molecule has 104 valence electrons. The lowest BCUT2D eigenvalue weighted by atomic mass is 9.85. The van der Waals surface area contributed by atoms with E-state index in [1.165, 1.54) is 45.1 Å². The van der Waals surface area contributed by atoms with Gasteiger partial charge in [-0.15, -0.1) is 0 Å². The first-order valence-corrected chi connectivity index (χ1v) is 7.93. The van der Waals surface area contributed by atoms with E-state index in [1.54, 1.807) is 0 Å². The monoisotopic (exact) mass is 252 g/mol. The van der Waals surface area contributed by atoms with Crippen LogP contribution in [0.4, 0.5) is 0 Å². The molecule has 2 heterocycles. The molecule has 3 heteroatoms. The van der Waals surface area contributed by atoms with Crippen molar-refractivity contribution < 1.29 is 4.74 Å². The molecule has 3 rings (SSSR count). The Labute approximate surface area is 111 Å². The molecule has 0 radical (unpaired) electrons. The van der Waals surface area contributed by atoms with Gasteiger partial charge in [-0.25, -0.2) is 0 Å². The quantitative estimate of drug-likeness (QED) is 0.811. The highest BCUT2D eigenvalue weighted by atomic mass is 16.5. The van der Waals surface area contributed by atoms with Crippen LogP contribution in [0.2, 0.25) is 0 Å². The fourth-order valence-electron chi connectivity index (χ4n) is 4.29. The van der Waals surface area contributed by atoms with Crippen LogP contribution in [0.3, 0.4) is 0 Å². The van der Waals surface area contributed by atoms with Gasteiger partial charge < -0.3 is 10.1 Å². The highest BCUT2D eigenvalue weighted by Gasteiger charge is 2.41. The zero-order chi connectivity index (χ0) is 12.5. The molecule has 2 atom stereocenters. The molecule has 0 aromatic rings. The Kier molecular flexibility index (Phi) is 3.92. The third-order valence-electron chi connectivity index (χ3n) is 5.22. The second-order valence-corrected chi connectivity index (χ2v) is 6.30. The molecular weight excluding hydrogens is 224 g/mol. The maximum atomic E-state index is 5.71. The predicted octanol–water partition coefficient (Wildman–Crippen LogP) is 2.16. The predicted molar refractivity (Wildman–Crippen MR) is 73.8 cm³/mol. The molecule has 1 saturated carbocycles. The lowest BCUT2D eigenvalue weighted by Crippen LogP contribution is -2.56. The summed E-state index contributed by atoms with van der Waals surface area (Å²) < 4.78 is 5.71. The number of hydrogen-bond acceptors (Lipinski definition) is 3. The molecule has 1 aliphatic carbocycles. The lowest BCUT2D eigenvalue weighted by Gasteiger charge is -2.48. The van der Waals surface area contributed by atoms with Crippen LogP contribution in [-0.2, 0) is 4.74 Å². The first-order valence-electron chi connectivity index (χ1n) is 7.93. The van der Waals surface area contributed by atoms with Crippen molar-refractivity contribution in [3.63, 3.8) is 0 Å². The Morgan fingerprint density at radius 2 is 1.61 bits per heavy atom. The van der Waals surface area contributed by atoms with Gasteiger partial charge in [0, 0.05) is 30.8 Å². The molecule has 2 aliphatic heterocycles. The average Bonchev–Trinajstić information content (AvgIpc) is 2.66. The Morgan fingerprint density at radius 3 is 2.17 bits per heavy atom. The van der Waals surface area contributed by atoms with Gasteiger partial charge in [0.05, 0.1) is 6.10 Å². The van der Waals surface area contributed by atoms with Crippen molar-refractivity contribution in [3.8, 4) is 0 Å². The molecule has 1 N–H and O–H groups in total. The topological polar surface area (TPSA) is 24.5 Å². The summed E-state index contributed by atoms with van der Waals surface area (Å²) in [7, 11) is 0. The zero-order valence-electron chi connectivity index (χ0n) is 11.9. The summed E-state index contributed by atoms with van der Waals surface area (Å²) in [4.78, 5) is 2.78. The SMILES string of the molecule is CCOC1CC(N(CC)C2CC3CCC(C2)N3)C1. The summed E-state index contributed by atoms with van der Waals surface area (Å²) in [5.74, 6) is 0. The minimum atomic E-state index is 0.549. The average molecular weight is 252 g/mol. The molecule has 2 saturated heterocycles. The van der Waals surface area contributed by atoms with Gasteiger partial charge >= 0.3 is 0 Å². The van der Waals surface area contributed by atoms with Crippen molar-refractivity contribution >= 4 is 0 Å². The maximum Gasteiger partial charge on any atom is 0.0604 e. The largest absolute Gasteiger partial charge is 0.378 e. The first kappa shape index (κ1) is 12.9. The number of hydrogen-bond donors (Lipinski definition) is 1. The molecule has 2 unspecified atom stereocenters.